The largest absolute Gasteiger partial charge is 0.497 e. The summed E-state index contributed by atoms with van der Waals surface area (Å²) in [6, 6.07) is 14.9. The minimum atomic E-state index is -0.506. The van der Waals surface area contributed by atoms with E-state index in [1.54, 1.807) is 37.3 Å². The van der Waals surface area contributed by atoms with Crippen LogP contribution in [0.2, 0.25) is 0 Å². The average molecular weight is 398 g/mol. The van der Waals surface area contributed by atoms with Gasteiger partial charge < -0.3 is 24.0 Å². The first-order valence-electron chi connectivity index (χ1n) is 9.52. The second-order valence-electron chi connectivity index (χ2n) is 6.78. The second-order valence-corrected chi connectivity index (χ2v) is 6.78. The summed E-state index contributed by atoms with van der Waals surface area (Å²) in [5, 5.41) is 0. The van der Waals surface area contributed by atoms with E-state index < -0.39 is 5.97 Å². The van der Waals surface area contributed by atoms with Crippen LogP contribution in [0.15, 0.2) is 48.5 Å². The van der Waals surface area contributed by atoms with E-state index in [2.05, 4.69) is 4.90 Å². The molecule has 7 heteroatoms. The highest BCUT2D eigenvalue weighted by Gasteiger charge is 2.22. The maximum Gasteiger partial charge on any atom is 0.338 e. The van der Waals surface area contributed by atoms with Crippen LogP contribution in [0.1, 0.15) is 15.9 Å². The Morgan fingerprint density at radius 3 is 2.34 bits per heavy atom. The number of ether oxygens (including phenoxy) is 3. The zero-order valence-electron chi connectivity index (χ0n) is 16.8. The highest BCUT2D eigenvalue weighted by atomic mass is 16.5. The number of anilines is 1. The van der Waals surface area contributed by atoms with E-state index in [0.717, 1.165) is 30.1 Å². The fourth-order valence-electron chi connectivity index (χ4n) is 3.26. The normalized spacial score (nSPS) is 13.9. The van der Waals surface area contributed by atoms with Crippen molar-refractivity contribution in [1.29, 1.82) is 0 Å². The van der Waals surface area contributed by atoms with Gasteiger partial charge in [0.2, 0.25) is 0 Å². The molecule has 0 radical (unpaired) electrons. The smallest absolute Gasteiger partial charge is 0.338 e. The summed E-state index contributed by atoms with van der Waals surface area (Å²) in [4.78, 5) is 28.6. The molecule has 154 valence electrons. The molecule has 0 bridgehead atoms. The van der Waals surface area contributed by atoms with Gasteiger partial charge in [-0.15, -0.1) is 0 Å². The van der Waals surface area contributed by atoms with Crippen molar-refractivity contribution in [2.45, 2.75) is 6.61 Å². The molecule has 1 fully saturated rings. The molecule has 1 amide bonds. The van der Waals surface area contributed by atoms with Crippen LogP contribution in [0.25, 0.3) is 0 Å². The predicted molar refractivity (Wildman–Crippen MR) is 109 cm³/mol. The van der Waals surface area contributed by atoms with E-state index in [-0.39, 0.29) is 12.5 Å². The van der Waals surface area contributed by atoms with Crippen LogP contribution in [0, 0.1) is 0 Å². The second kappa shape index (κ2) is 9.93. The Balaban J connectivity index is 1.47. The van der Waals surface area contributed by atoms with Crippen molar-refractivity contribution >= 4 is 17.6 Å². The highest BCUT2D eigenvalue weighted by molar-refractivity contribution is 5.91. The number of nitrogens with zero attached hydrogens (tertiary/aromatic N) is 2. The van der Waals surface area contributed by atoms with Crippen LogP contribution in [0.4, 0.5) is 5.69 Å². The van der Waals surface area contributed by atoms with Crippen molar-refractivity contribution in [2.75, 3.05) is 51.9 Å². The molecular weight excluding hydrogens is 372 g/mol. The number of carbonyl (C=O) groups excluding carboxylic acids is 2. The summed E-state index contributed by atoms with van der Waals surface area (Å²) in [6.45, 7) is 2.79. The minimum Gasteiger partial charge on any atom is -0.497 e. The van der Waals surface area contributed by atoms with Crippen molar-refractivity contribution in [2.24, 2.45) is 0 Å². The van der Waals surface area contributed by atoms with E-state index in [9.17, 15) is 9.59 Å². The van der Waals surface area contributed by atoms with Gasteiger partial charge in [0.15, 0.2) is 6.61 Å². The Morgan fingerprint density at radius 1 is 0.966 bits per heavy atom. The number of carbonyl (C=O) groups is 2. The third-order valence-corrected chi connectivity index (χ3v) is 4.87. The number of hydrogen-bond acceptors (Lipinski definition) is 6. The van der Waals surface area contributed by atoms with Gasteiger partial charge in [0.05, 0.1) is 19.3 Å². The molecule has 0 aliphatic carbocycles. The predicted octanol–water partition coefficient (Wildman–Crippen LogP) is 2.35. The third-order valence-electron chi connectivity index (χ3n) is 4.87. The lowest BCUT2D eigenvalue weighted by Gasteiger charge is -2.36. The summed E-state index contributed by atoms with van der Waals surface area (Å²) in [5.41, 5.74) is 2.39. The Kier molecular flexibility index (Phi) is 7.08. The quantitative estimate of drug-likeness (QED) is 0.667. The van der Waals surface area contributed by atoms with Gasteiger partial charge >= 0.3 is 5.97 Å². The average Bonchev–Trinajstić information content (AvgIpc) is 2.78. The number of benzene rings is 2. The lowest BCUT2D eigenvalue weighted by atomic mass is 10.1. The SMILES string of the molecule is COCc1cccc(C(=O)OCC(=O)N2CCN(c3ccc(OC)cc3)CC2)c1. The van der Waals surface area contributed by atoms with Gasteiger partial charge in [-0.2, -0.15) is 0 Å². The van der Waals surface area contributed by atoms with Crippen molar-refractivity contribution in [3.05, 3.63) is 59.7 Å². The molecule has 3 rings (SSSR count). The van der Waals surface area contributed by atoms with Crippen molar-refractivity contribution in [1.82, 2.24) is 4.90 Å². The summed E-state index contributed by atoms with van der Waals surface area (Å²) in [6.07, 6.45) is 0. The van der Waals surface area contributed by atoms with Crippen LogP contribution in [0.5, 0.6) is 5.75 Å². The molecule has 2 aromatic rings. The van der Waals surface area contributed by atoms with Crippen LogP contribution >= 0.6 is 0 Å². The minimum absolute atomic E-state index is 0.180. The first kappa shape index (κ1) is 20.7. The number of amides is 1. The Labute approximate surface area is 170 Å². The molecule has 7 nitrogen and oxygen atoms in total. The fraction of sp³-hybridized carbons (Fsp3) is 0.364. The molecule has 2 aromatic carbocycles. The molecule has 1 aliphatic heterocycles. The molecule has 0 saturated carbocycles. The standard InChI is InChI=1S/C22H26N2O5/c1-27-15-17-4-3-5-18(14-17)22(26)29-16-21(25)24-12-10-23(11-13-24)19-6-8-20(28-2)9-7-19/h3-9,14H,10-13,15-16H2,1-2H3. The first-order chi connectivity index (χ1) is 14.1. The van der Waals surface area contributed by atoms with Crippen molar-refractivity contribution in [3.8, 4) is 5.75 Å². The van der Waals surface area contributed by atoms with E-state index in [1.165, 1.54) is 0 Å². The van der Waals surface area contributed by atoms with Crippen LogP contribution in [-0.4, -0.2) is 63.8 Å². The van der Waals surface area contributed by atoms with Crippen LogP contribution in [0.3, 0.4) is 0 Å². The Morgan fingerprint density at radius 2 is 1.69 bits per heavy atom. The summed E-state index contributed by atoms with van der Waals surface area (Å²) in [5.74, 6) is 0.131. The fourth-order valence-corrected chi connectivity index (χ4v) is 3.26. The first-order valence-corrected chi connectivity index (χ1v) is 9.52. The monoisotopic (exact) mass is 398 g/mol. The zero-order chi connectivity index (χ0) is 20.6. The van der Waals surface area contributed by atoms with Gasteiger partial charge in [0.1, 0.15) is 5.75 Å². The summed E-state index contributed by atoms with van der Waals surface area (Å²) < 4.78 is 15.5. The summed E-state index contributed by atoms with van der Waals surface area (Å²) >= 11 is 0. The molecule has 1 saturated heterocycles. The molecule has 0 spiro atoms. The number of methoxy groups -OCH3 is 2. The lowest BCUT2D eigenvalue weighted by molar-refractivity contribution is -0.134. The van der Waals surface area contributed by atoms with E-state index in [1.807, 2.05) is 30.3 Å². The maximum absolute atomic E-state index is 12.4. The highest BCUT2D eigenvalue weighted by Crippen LogP contribution is 2.20. The molecular formula is C22H26N2O5. The zero-order valence-corrected chi connectivity index (χ0v) is 16.8. The van der Waals surface area contributed by atoms with Crippen molar-refractivity contribution < 1.29 is 23.8 Å². The van der Waals surface area contributed by atoms with Gasteiger partial charge in [-0.05, 0) is 42.0 Å². The van der Waals surface area contributed by atoms with Crippen LogP contribution < -0.4 is 9.64 Å². The topological polar surface area (TPSA) is 68.3 Å². The van der Waals surface area contributed by atoms with Gasteiger partial charge in [-0.1, -0.05) is 12.1 Å². The number of esters is 1. The molecule has 1 aliphatic rings. The van der Waals surface area contributed by atoms with Gasteiger partial charge in [-0.3, -0.25) is 4.79 Å². The van der Waals surface area contributed by atoms with Gasteiger partial charge in [-0.25, -0.2) is 4.79 Å². The number of hydrogen-bond donors (Lipinski definition) is 0. The van der Waals surface area contributed by atoms with Crippen LogP contribution in [-0.2, 0) is 20.9 Å². The van der Waals surface area contributed by atoms with Crippen molar-refractivity contribution in [3.63, 3.8) is 0 Å². The third kappa shape index (κ3) is 5.48. The van der Waals surface area contributed by atoms with E-state index in [4.69, 9.17) is 14.2 Å². The maximum atomic E-state index is 12.4. The molecule has 0 aromatic heterocycles. The van der Waals surface area contributed by atoms with E-state index >= 15 is 0 Å². The Bertz CT molecular complexity index is 829. The lowest BCUT2D eigenvalue weighted by Crippen LogP contribution is -2.49. The molecule has 0 N–H and O–H groups in total. The molecule has 1 heterocycles. The molecule has 0 unspecified atom stereocenters. The number of rotatable bonds is 7. The van der Waals surface area contributed by atoms with Gasteiger partial charge in [0, 0.05) is 39.0 Å². The summed E-state index contributed by atoms with van der Waals surface area (Å²) in [7, 11) is 3.24. The van der Waals surface area contributed by atoms with E-state index in [0.29, 0.717) is 25.3 Å². The Hall–Kier alpha value is -3.06. The number of piperazine rings is 1. The molecule has 0 atom stereocenters. The molecule has 29 heavy (non-hydrogen) atoms. The van der Waals surface area contributed by atoms with Gasteiger partial charge in [0.25, 0.3) is 5.91 Å².